The number of nitrogens with one attached hydrogen (secondary N) is 2. The Morgan fingerprint density at radius 1 is 1.29 bits per heavy atom. The zero-order chi connectivity index (χ0) is 18.5. The van der Waals surface area contributed by atoms with Crippen molar-refractivity contribution in [1.29, 1.82) is 0 Å². The SMILES string of the molecule is COc1ccc(-c2nc(C)c(C(=O)NCCC3CCNC3)s2)cc1OC.Cl.Cl. The highest BCUT2D eigenvalue weighted by molar-refractivity contribution is 7.17. The molecule has 1 unspecified atom stereocenters. The van der Waals surface area contributed by atoms with E-state index in [2.05, 4.69) is 15.6 Å². The lowest BCUT2D eigenvalue weighted by atomic mass is 10.1. The van der Waals surface area contributed by atoms with E-state index in [-0.39, 0.29) is 30.7 Å². The third kappa shape index (κ3) is 5.73. The first kappa shape index (κ1) is 24.5. The quantitative estimate of drug-likeness (QED) is 0.676. The van der Waals surface area contributed by atoms with Gasteiger partial charge in [-0.3, -0.25) is 4.79 Å². The highest BCUT2D eigenvalue weighted by atomic mass is 35.5. The molecule has 1 atom stereocenters. The maximum atomic E-state index is 12.5. The normalized spacial score (nSPS) is 15.3. The summed E-state index contributed by atoms with van der Waals surface area (Å²) >= 11 is 1.40. The van der Waals surface area contributed by atoms with E-state index in [4.69, 9.17) is 9.47 Å². The number of carbonyl (C=O) groups is 1. The molecule has 0 aliphatic carbocycles. The zero-order valence-corrected chi connectivity index (χ0v) is 18.7. The maximum Gasteiger partial charge on any atom is 0.263 e. The van der Waals surface area contributed by atoms with Crippen LogP contribution in [0.1, 0.15) is 28.2 Å². The maximum absolute atomic E-state index is 12.5. The lowest BCUT2D eigenvalue weighted by Crippen LogP contribution is -2.26. The fourth-order valence-electron chi connectivity index (χ4n) is 3.13. The van der Waals surface area contributed by atoms with Gasteiger partial charge in [0.15, 0.2) is 11.5 Å². The minimum absolute atomic E-state index is 0. The van der Waals surface area contributed by atoms with Gasteiger partial charge in [-0.2, -0.15) is 0 Å². The molecule has 1 aromatic carbocycles. The van der Waals surface area contributed by atoms with E-state index in [0.29, 0.717) is 28.8 Å². The predicted molar refractivity (Wildman–Crippen MR) is 118 cm³/mol. The minimum atomic E-state index is -0.0438. The Bertz CT molecular complexity index is 780. The molecule has 6 nitrogen and oxygen atoms in total. The number of aryl methyl sites for hydroxylation is 1. The van der Waals surface area contributed by atoms with Crippen LogP contribution in [0.2, 0.25) is 0 Å². The lowest BCUT2D eigenvalue weighted by Gasteiger charge is -2.08. The number of nitrogens with zero attached hydrogens (tertiary/aromatic N) is 1. The molecule has 9 heteroatoms. The number of benzene rings is 1. The van der Waals surface area contributed by atoms with Gasteiger partial charge >= 0.3 is 0 Å². The van der Waals surface area contributed by atoms with E-state index in [0.717, 1.165) is 35.8 Å². The van der Waals surface area contributed by atoms with Crippen molar-refractivity contribution in [2.24, 2.45) is 5.92 Å². The molecule has 0 spiro atoms. The molecule has 1 aromatic heterocycles. The van der Waals surface area contributed by atoms with Gasteiger partial charge in [0, 0.05) is 12.1 Å². The first-order valence-electron chi connectivity index (χ1n) is 8.81. The second-order valence-corrected chi connectivity index (χ2v) is 7.41. The van der Waals surface area contributed by atoms with Crippen molar-refractivity contribution in [1.82, 2.24) is 15.6 Å². The van der Waals surface area contributed by atoms with Crippen molar-refractivity contribution < 1.29 is 14.3 Å². The monoisotopic (exact) mass is 447 g/mol. The standard InChI is InChI=1S/C19H25N3O3S.2ClH/c1-12-17(18(23)21-9-7-13-6-8-20-11-13)26-19(22-12)14-4-5-15(24-2)16(10-14)25-3;;/h4-5,10,13,20H,6-9,11H2,1-3H3,(H,21,23);2*1H. The van der Waals surface area contributed by atoms with Crippen molar-refractivity contribution in [3.05, 3.63) is 28.8 Å². The van der Waals surface area contributed by atoms with Crippen LogP contribution in [-0.2, 0) is 0 Å². The van der Waals surface area contributed by atoms with Crippen LogP contribution < -0.4 is 20.1 Å². The second kappa shape index (κ2) is 11.5. The molecule has 2 aromatic rings. The van der Waals surface area contributed by atoms with Crippen LogP contribution in [0, 0.1) is 12.8 Å². The number of ether oxygens (including phenoxy) is 2. The molecule has 0 radical (unpaired) electrons. The van der Waals surface area contributed by atoms with E-state index in [1.54, 1.807) is 14.2 Å². The van der Waals surface area contributed by atoms with Crippen LogP contribution in [0.5, 0.6) is 11.5 Å². The molecule has 156 valence electrons. The molecule has 0 saturated carbocycles. The third-order valence-corrected chi connectivity index (χ3v) is 5.84. The van der Waals surface area contributed by atoms with Crippen LogP contribution in [0.3, 0.4) is 0 Å². The molecule has 1 amide bonds. The third-order valence-electron chi connectivity index (χ3n) is 4.63. The summed E-state index contributed by atoms with van der Waals surface area (Å²) in [7, 11) is 3.21. The number of amides is 1. The molecular formula is C19H27Cl2N3O3S. The fraction of sp³-hybridized carbons (Fsp3) is 0.474. The molecule has 1 saturated heterocycles. The Labute approximate surface area is 182 Å². The molecule has 0 bridgehead atoms. The summed E-state index contributed by atoms with van der Waals surface area (Å²) in [6, 6.07) is 5.65. The number of carbonyl (C=O) groups excluding carboxylic acids is 1. The van der Waals surface area contributed by atoms with Crippen LogP contribution in [0.25, 0.3) is 10.6 Å². The summed E-state index contributed by atoms with van der Waals surface area (Å²) in [4.78, 5) is 17.7. The van der Waals surface area contributed by atoms with Crippen molar-refractivity contribution in [3.8, 4) is 22.1 Å². The fourth-order valence-corrected chi connectivity index (χ4v) is 4.11. The molecular weight excluding hydrogens is 421 g/mol. The van der Waals surface area contributed by atoms with Gasteiger partial charge in [0.05, 0.1) is 19.9 Å². The Balaban J connectivity index is 0.00000196. The van der Waals surface area contributed by atoms with Crippen LogP contribution in [-0.4, -0.2) is 44.7 Å². The molecule has 2 N–H and O–H groups in total. The van der Waals surface area contributed by atoms with E-state index in [1.807, 2.05) is 25.1 Å². The summed E-state index contributed by atoms with van der Waals surface area (Å²) in [6.07, 6.45) is 2.21. The second-order valence-electron chi connectivity index (χ2n) is 6.41. The van der Waals surface area contributed by atoms with Crippen molar-refractivity contribution in [2.45, 2.75) is 19.8 Å². The van der Waals surface area contributed by atoms with Crippen molar-refractivity contribution in [2.75, 3.05) is 33.9 Å². The molecule has 2 heterocycles. The first-order chi connectivity index (χ1) is 12.6. The highest BCUT2D eigenvalue weighted by Gasteiger charge is 2.18. The molecule has 1 fully saturated rings. The molecule has 1 aliphatic heterocycles. The highest BCUT2D eigenvalue weighted by Crippen LogP contribution is 2.34. The Kier molecular flexibility index (Phi) is 10.0. The summed E-state index contributed by atoms with van der Waals surface area (Å²) in [5.74, 6) is 1.94. The van der Waals surface area contributed by atoms with E-state index < -0.39 is 0 Å². The van der Waals surface area contributed by atoms with Crippen molar-refractivity contribution in [3.63, 3.8) is 0 Å². The Morgan fingerprint density at radius 3 is 2.68 bits per heavy atom. The summed E-state index contributed by atoms with van der Waals surface area (Å²) in [5.41, 5.74) is 1.66. The smallest absolute Gasteiger partial charge is 0.263 e. The van der Waals surface area contributed by atoms with Crippen LogP contribution in [0.15, 0.2) is 18.2 Å². The number of thiazole rings is 1. The number of aromatic nitrogens is 1. The summed E-state index contributed by atoms with van der Waals surface area (Å²) in [6.45, 7) is 4.71. The van der Waals surface area contributed by atoms with Gasteiger partial charge in [-0.05, 0) is 57.0 Å². The lowest BCUT2D eigenvalue weighted by molar-refractivity contribution is 0.0955. The number of halogens is 2. The summed E-state index contributed by atoms with van der Waals surface area (Å²) < 4.78 is 10.6. The first-order valence-corrected chi connectivity index (χ1v) is 9.62. The summed E-state index contributed by atoms with van der Waals surface area (Å²) in [5, 5.41) is 7.18. The van der Waals surface area contributed by atoms with Gasteiger partial charge in [0.2, 0.25) is 0 Å². The largest absolute Gasteiger partial charge is 0.493 e. The van der Waals surface area contributed by atoms with Gasteiger partial charge in [-0.15, -0.1) is 36.2 Å². The van der Waals surface area contributed by atoms with E-state index >= 15 is 0 Å². The van der Waals surface area contributed by atoms with Gasteiger partial charge in [0.25, 0.3) is 5.91 Å². The predicted octanol–water partition coefficient (Wildman–Crippen LogP) is 3.71. The van der Waals surface area contributed by atoms with Crippen LogP contribution in [0.4, 0.5) is 0 Å². The van der Waals surface area contributed by atoms with Gasteiger partial charge in [-0.1, -0.05) is 0 Å². The van der Waals surface area contributed by atoms with E-state index in [1.165, 1.54) is 17.8 Å². The number of hydrogen-bond acceptors (Lipinski definition) is 6. The zero-order valence-electron chi connectivity index (χ0n) is 16.2. The minimum Gasteiger partial charge on any atom is -0.493 e. The van der Waals surface area contributed by atoms with Gasteiger partial charge in [-0.25, -0.2) is 4.98 Å². The topological polar surface area (TPSA) is 72.5 Å². The molecule has 3 rings (SSSR count). The Morgan fingerprint density at radius 2 is 2.04 bits per heavy atom. The number of methoxy groups -OCH3 is 2. The average molecular weight is 448 g/mol. The molecule has 1 aliphatic rings. The Hall–Kier alpha value is -1.54. The van der Waals surface area contributed by atoms with Gasteiger partial charge in [0.1, 0.15) is 9.88 Å². The van der Waals surface area contributed by atoms with Crippen molar-refractivity contribution >= 4 is 42.1 Å². The number of rotatable bonds is 7. The number of hydrogen-bond donors (Lipinski definition) is 2. The van der Waals surface area contributed by atoms with Crippen LogP contribution >= 0.6 is 36.2 Å². The average Bonchev–Trinajstić information content (AvgIpc) is 3.30. The van der Waals surface area contributed by atoms with E-state index in [9.17, 15) is 4.79 Å². The van der Waals surface area contributed by atoms with Gasteiger partial charge < -0.3 is 20.1 Å². The molecule has 28 heavy (non-hydrogen) atoms.